The Morgan fingerprint density at radius 2 is 1.55 bits per heavy atom. The van der Waals surface area contributed by atoms with E-state index in [2.05, 4.69) is 10.6 Å². The number of nitrogens with one attached hydrogen (secondary N) is 2. The molecule has 148 valence electrons. The van der Waals surface area contributed by atoms with E-state index < -0.39 is 12.1 Å². The lowest BCUT2D eigenvalue weighted by Gasteiger charge is -2.18. The van der Waals surface area contributed by atoms with Crippen molar-refractivity contribution < 1.29 is 9.59 Å². The Morgan fingerprint density at radius 1 is 0.897 bits per heavy atom. The number of anilines is 1. The first-order chi connectivity index (χ1) is 14.0. The van der Waals surface area contributed by atoms with E-state index in [0.717, 1.165) is 22.4 Å². The summed E-state index contributed by atoms with van der Waals surface area (Å²) in [6.45, 7) is 0. The fourth-order valence-electron chi connectivity index (χ4n) is 3.12. The van der Waals surface area contributed by atoms with Gasteiger partial charge in [-0.2, -0.15) is 0 Å². The minimum absolute atomic E-state index is 0.0459. The van der Waals surface area contributed by atoms with Crippen LogP contribution in [0.1, 0.15) is 29.2 Å². The van der Waals surface area contributed by atoms with Crippen LogP contribution in [-0.4, -0.2) is 11.9 Å². The number of carbonyl (C=O) groups excluding carboxylic acids is 2. The minimum atomic E-state index is -0.692. The summed E-state index contributed by atoms with van der Waals surface area (Å²) in [7, 11) is 0. The number of primary amides is 1. The van der Waals surface area contributed by atoms with Crippen molar-refractivity contribution in [1.29, 1.82) is 0 Å². The van der Waals surface area contributed by atoms with Crippen LogP contribution in [0.5, 0.6) is 0 Å². The van der Waals surface area contributed by atoms with Crippen molar-refractivity contribution >= 4 is 29.2 Å². The van der Waals surface area contributed by atoms with Crippen LogP contribution in [0, 0.1) is 0 Å². The van der Waals surface area contributed by atoms with E-state index in [1.54, 1.807) is 24.3 Å². The average molecular weight is 408 g/mol. The summed E-state index contributed by atoms with van der Waals surface area (Å²) in [5, 5.41) is 6.16. The van der Waals surface area contributed by atoms with E-state index in [-0.39, 0.29) is 12.3 Å². The summed E-state index contributed by atoms with van der Waals surface area (Å²) in [5.41, 5.74) is 8.96. The second-order valence-electron chi connectivity index (χ2n) is 6.68. The quantitative estimate of drug-likeness (QED) is 0.531. The number of nitrogens with two attached hydrogens (primary N) is 1. The van der Waals surface area contributed by atoms with E-state index in [4.69, 9.17) is 17.3 Å². The Morgan fingerprint density at radius 3 is 2.24 bits per heavy atom. The number of hydrogen-bond acceptors (Lipinski definition) is 2. The topological polar surface area (TPSA) is 84.2 Å². The Labute approximate surface area is 174 Å². The van der Waals surface area contributed by atoms with E-state index >= 15 is 0 Å². The van der Waals surface area contributed by atoms with E-state index in [9.17, 15) is 9.59 Å². The van der Waals surface area contributed by atoms with Crippen LogP contribution in [0.4, 0.5) is 10.5 Å². The first-order valence-corrected chi connectivity index (χ1v) is 9.62. The van der Waals surface area contributed by atoms with Gasteiger partial charge in [0.25, 0.3) is 0 Å². The fourth-order valence-corrected chi connectivity index (χ4v) is 3.24. The molecule has 0 bridgehead atoms. The lowest BCUT2D eigenvalue weighted by molar-refractivity contribution is -0.116. The molecule has 0 aliphatic heterocycles. The van der Waals surface area contributed by atoms with Gasteiger partial charge in [-0.1, -0.05) is 72.3 Å². The van der Waals surface area contributed by atoms with Crippen LogP contribution in [-0.2, 0) is 11.2 Å². The first-order valence-electron chi connectivity index (χ1n) is 9.24. The molecule has 5 nitrogen and oxygen atoms in total. The highest BCUT2D eigenvalue weighted by atomic mass is 35.5. The van der Waals surface area contributed by atoms with Gasteiger partial charge in [-0.05, 0) is 41.3 Å². The number of para-hydroxylation sites is 1. The number of amides is 3. The van der Waals surface area contributed by atoms with Crippen molar-refractivity contribution in [3.8, 4) is 0 Å². The Balaban J connectivity index is 1.73. The van der Waals surface area contributed by atoms with E-state index in [1.165, 1.54) is 0 Å². The van der Waals surface area contributed by atoms with Gasteiger partial charge in [0.2, 0.25) is 5.91 Å². The molecule has 0 aromatic heterocycles. The molecule has 29 heavy (non-hydrogen) atoms. The molecule has 6 heteroatoms. The zero-order valence-corrected chi connectivity index (χ0v) is 16.5. The van der Waals surface area contributed by atoms with Gasteiger partial charge in [0, 0.05) is 10.7 Å². The summed E-state index contributed by atoms with van der Waals surface area (Å²) >= 11 is 5.93. The van der Waals surface area contributed by atoms with Crippen LogP contribution < -0.4 is 16.4 Å². The molecule has 0 aliphatic carbocycles. The third kappa shape index (κ3) is 6.09. The van der Waals surface area contributed by atoms with Crippen molar-refractivity contribution in [3.63, 3.8) is 0 Å². The molecule has 0 saturated heterocycles. The third-order valence-corrected chi connectivity index (χ3v) is 4.76. The summed E-state index contributed by atoms with van der Waals surface area (Å²) in [5.74, 6) is -0.223. The minimum Gasteiger partial charge on any atom is -0.352 e. The molecule has 1 atom stereocenters. The predicted octanol–water partition coefficient (Wildman–Crippen LogP) is 4.67. The van der Waals surface area contributed by atoms with Gasteiger partial charge in [0.15, 0.2) is 0 Å². The van der Waals surface area contributed by atoms with Crippen LogP contribution >= 0.6 is 11.6 Å². The molecular weight excluding hydrogens is 386 g/mol. The molecule has 0 heterocycles. The Hall–Kier alpha value is -3.31. The van der Waals surface area contributed by atoms with Crippen molar-refractivity contribution in [2.24, 2.45) is 5.73 Å². The molecule has 3 amide bonds. The van der Waals surface area contributed by atoms with Gasteiger partial charge in [-0.3, -0.25) is 4.79 Å². The third-order valence-electron chi connectivity index (χ3n) is 4.51. The maximum atomic E-state index is 12.7. The van der Waals surface area contributed by atoms with Crippen molar-refractivity contribution in [2.45, 2.75) is 18.9 Å². The van der Waals surface area contributed by atoms with E-state index in [0.29, 0.717) is 11.4 Å². The molecule has 0 radical (unpaired) electrons. The number of rotatable bonds is 7. The number of hydrogen-bond donors (Lipinski definition) is 3. The molecule has 0 aliphatic rings. The van der Waals surface area contributed by atoms with Gasteiger partial charge < -0.3 is 16.4 Å². The standard InChI is InChI=1S/C23H22ClN3O2/c24-19-12-10-17(11-13-19)21(27-23(25)29)15-22(28)26-20-9-5-4-8-18(20)14-16-6-2-1-3-7-16/h1-13,21H,14-15H2,(H,26,28)(H3,25,27,29)/t21-/m1/s1. The first kappa shape index (κ1) is 20.4. The lowest BCUT2D eigenvalue weighted by Crippen LogP contribution is -2.35. The highest BCUT2D eigenvalue weighted by molar-refractivity contribution is 6.30. The maximum Gasteiger partial charge on any atom is 0.312 e. The molecule has 0 fully saturated rings. The van der Waals surface area contributed by atoms with Crippen molar-refractivity contribution in [2.75, 3.05) is 5.32 Å². The molecule has 3 aromatic rings. The zero-order valence-electron chi connectivity index (χ0n) is 15.8. The second-order valence-corrected chi connectivity index (χ2v) is 7.12. The lowest BCUT2D eigenvalue weighted by atomic mass is 10.0. The normalized spacial score (nSPS) is 11.5. The van der Waals surface area contributed by atoms with Crippen LogP contribution in [0.3, 0.4) is 0 Å². The molecule has 0 unspecified atom stereocenters. The van der Waals surface area contributed by atoms with Gasteiger partial charge >= 0.3 is 6.03 Å². The fraction of sp³-hybridized carbons (Fsp3) is 0.130. The van der Waals surface area contributed by atoms with E-state index in [1.807, 2.05) is 54.6 Å². The van der Waals surface area contributed by atoms with Gasteiger partial charge in [0.1, 0.15) is 0 Å². The maximum absolute atomic E-state index is 12.7. The molecule has 3 aromatic carbocycles. The van der Waals surface area contributed by atoms with Crippen LogP contribution in [0.25, 0.3) is 0 Å². The Kier molecular flexibility index (Phi) is 6.87. The smallest absolute Gasteiger partial charge is 0.312 e. The molecule has 0 spiro atoms. The highest BCUT2D eigenvalue weighted by Gasteiger charge is 2.18. The number of carbonyl (C=O) groups is 2. The number of urea groups is 1. The molecule has 0 saturated carbocycles. The number of benzene rings is 3. The van der Waals surface area contributed by atoms with Gasteiger partial charge in [0.05, 0.1) is 12.5 Å². The van der Waals surface area contributed by atoms with Gasteiger partial charge in [-0.25, -0.2) is 4.79 Å². The SMILES string of the molecule is NC(=O)N[C@H](CC(=O)Nc1ccccc1Cc1ccccc1)c1ccc(Cl)cc1. The van der Waals surface area contributed by atoms with Crippen LogP contribution in [0.2, 0.25) is 5.02 Å². The average Bonchev–Trinajstić information content (AvgIpc) is 2.70. The molecular formula is C23H22ClN3O2. The second kappa shape index (κ2) is 9.75. The van der Waals surface area contributed by atoms with Crippen LogP contribution in [0.15, 0.2) is 78.9 Å². The summed E-state index contributed by atoms with van der Waals surface area (Å²) < 4.78 is 0. The predicted molar refractivity (Wildman–Crippen MR) is 116 cm³/mol. The number of halogens is 1. The van der Waals surface area contributed by atoms with Crippen molar-refractivity contribution in [1.82, 2.24) is 5.32 Å². The summed E-state index contributed by atoms with van der Waals surface area (Å²) in [6, 6.07) is 23.4. The van der Waals surface area contributed by atoms with Gasteiger partial charge in [-0.15, -0.1) is 0 Å². The van der Waals surface area contributed by atoms with Crippen molar-refractivity contribution in [3.05, 3.63) is 101 Å². The zero-order chi connectivity index (χ0) is 20.6. The monoisotopic (exact) mass is 407 g/mol. The summed E-state index contributed by atoms with van der Waals surface area (Å²) in [4.78, 5) is 24.1. The molecule has 4 N–H and O–H groups in total. The molecule has 3 rings (SSSR count). The largest absolute Gasteiger partial charge is 0.352 e. The summed E-state index contributed by atoms with van der Waals surface area (Å²) in [6.07, 6.45) is 0.752. The highest BCUT2D eigenvalue weighted by Crippen LogP contribution is 2.23. The Bertz CT molecular complexity index is 975.